The lowest BCUT2D eigenvalue weighted by molar-refractivity contribution is 0.102. The van der Waals surface area contributed by atoms with Crippen LogP contribution in [-0.2, 0) is 0 Å². The fraction of sp³-hybridized carbons (Fsp3) is 0. The summed E-state index contributed by atoms with van der Waals surface area (Å²) in [6.45, 7) is 0. The standard InChI is InChI=1S/C17H12BrFN4O/c18-11-5-7-12(8-6-11)21-16(24)15-9-10-20-17(23-15)22-14-4-2-1-3-13(14)19/h1-10H,(H,21,24)(H,20,22,23). The van der Waals surface area contributed by atoms with Gasteiger partial charge in [0.1, 0.15) is 11.5 Å². The molecule has 2 N–H and O–H groups in total. The number of aromatic nitrogens is 2. The van der Waals surface area contributed by atoms with Gasteiger partial charge in [-0.2, -0.15) is 0 Å². The largest absolute Gasteiger partial charge is 0.322 e. The summed E-state index contributed by atoms with van der Waals surface area (Å²) in [4.78, 5) is 20.4. The lowest BCUT2D eigenvalue weighted by Crippen LogP contribution is -2.14. The van der Waals surface area contributed by atoms with Crippen molar-refractivity contribution in [3.63, 3.8) is 0 Å². The Labute approximate surface area is 146 Å². The zero-order valence-corrected chi connectivity index (χ0v) is 13.9. The number of rotatable bonds is 4. The van der Waals surface area contributed by atoms with Crippen LogP contribution in [0.2, 0.25) is 0 Å². The van der Waals surface area contributed by atoms with Crippen LogP contribution in [0.1, 0.15) is 10.5 Å². The van der Waals surface area contributed by atoms with Crippen LogP contribution in [0.25, 0.3) is 0 Å². The number of carbonyl (C=O) groups is 1. The van der Waals surface area contributed by atoms with Crippen LogP contribution in [0, 0.1) is 5.82 Å². The van der Waals surface area contributed by atoms with Gasteiger partial charge in [-0.1, -0.05) is 28.1 Å². The first-order valence-corrected chi connectivity index (χ1v) is 7.82. The van der Waals surface area contributed by atoms with Gasteiger partial charge in [0.2, 0.25) is 5.95 Å². The minimum atomic E-state index is -0.425. The average molecular weight is 387 g/mol. The van der Waals surface area contributed by atoms with Crippen LogP contribution in [0.15, 0.2) is 65.3 Å². The average Bonchev–Trinajstić information content (AvgIpc) is 2.59. The molecule has 1 amide bonds. The molecule has 5 nitrogen and oxygen atoms in total. The highest BCUT2D eigenvalue weighted by atomic mass is 79.9. The normalized spacial score (nSPS) is 10.2. The van der Waals surface area contributed by atoms with Crippen molar-refractivity contribution < 1.29 is 9.18 Å². The van der Waals surface area contributed by atoms with Crippen LogP contribution in [0.4, 0.5) is 21.7 Å². The number of benzene rings is 2. The Morgan fingerprint density at radius 1 is 1.04 bits per heavy atom. The highest BCUT2D eigenvalue weighted by Crippen LogP contribution is 2.17. The van der Waals surface area contributed by atoms with Crippen molar-refractivity contribution in [3.05, 3.63) is 76.8 Å². The van der Waals surface area contributed by atoms with E-state index in [9.17, 15) is 9.18 Å². The van der Waals surface area contributed by atoms with E-state index in [1.807, 2.05) is 12.1 Å². The molecule has 0 aliphatic rings. The quantitative estimate of drug-likeness (QED) is 0.698. The number of carbonyl (C=O) groups excluding carboxylic acids is 1. The molecule has 0 radical (unpaired) electrons. The number of halogens is 2. The molecule has 0 aliphatic carbocycles. The smallest absolute Gasteiger partial charge is 0.274 e. The molecular formula is C17H12BrFN4O. The van der Waals surface area contributed by atoms with E-state index >= 15 is 0 Å². The van der Waals surface area contributed by atoms with Gasteiger partial charge in [0, 0.05) is 16.4 Å². The maximum atomic E-state index is 13.7. The molecule has 0 spiro atoms. The predicted molar refractivity (Wildman–Crippen MR) is 93.8 cm³/mol. The van der Waals surface area contributed by atoms with Gasteiger partial charge in [-0.15, -0.1) is 0 Å². The third kappa shape index (κ3) is 3.94. The summed E-state index contributed by atoms with van der Waals surface area (Å²) in [7, 11) is 0. The molecule has 3 aromatic rings. The number of para-hydroxylation sites is 1. The van der Waals surface area contributed by atoms with E-state index in [2.05, 4.69) is 36.5 Å². The highest BCUT2D eigenvalue weighted by molar-refractivity contribution is 9.10. The van der Waals surface area contributed by atoms with Crippen molar-refractivity contribution in [2.24, 2.45) is 0 Å². The first kappa shape index (κ1) is 16.1. The van der Waals surface area contributed by atoms with E-state index in [1.54, 1.807) is 30.3 Å². The molecule has 0 aliphatic heterocycles. The number of hydrogen-bond donors (Lipinski definition) is 2. The Morgan fingerprint density at radius 3 is 2.54 bits per heavy atom. The summed E-state index contributed by atoms with van der Waals surface area (Å²) in [5, 5.41) is 5.49. The first-order chi connectivity index (χ1) is 11.6. The van der Waals surface area contributed by atoms with Gasteiger partial charge in [-0.25, -0.2) is 14.4 Å². The lowest BCUT2D eigenvalue weighted by Gasteiger charge is -2.08. The summed E-state index contributed by atoms with van der Waals surface area (Å²) in [5.74, 6) is -0.661. The van der Waals surface area contributed by atoms with Crippen LogP contribution in [-0.4, -0.2) is 15.9 Å². The lowest BCUT2D eigenvalue weighted by atomic mass is 10.3. The van der Waals surface area contributed by atoms with Gasteiger partial charge < -0.3 is 10.6 Å². The number of nitrogens with zero attached hydrogens (tertiary/aromatic N) is 2. The van der Waals surface area contributed by atoms with Crippen molar-refractivity contribution in [1.29, 1.82) is 0 Å². The Hall–Kier alpha value is -2.80. The van der Waals surface area contributed by atoms with Crippen LogP contribution in [0.3, 0.4) is 0 Å². The van der Waals surface area contributed by atoms with Crippen LogP contribution < -0.4 is 10.6 Å². The van der Waals surface area contributed by atoms with E-state index in [0.29, 0.717) is 5.69 Å². The second-order valence-corrected chi connectivity index (χ2v) is 5.75. The molecule has 0 fully saturated rings. The molecule has 0 atom stereocenters. The summed E-state index contributed by atoms with van der Waals surface area (Å²) < 4.78 is 14.6. The topological polar surface area (TPSA) is 66.9 Å². The number of hydrogen-bond acceptors (Lipinski definition) is 4. The van der Waals surface area contributed by atoms with Crippen molar-refractivity contribution in [1.82, 2.24) is 9.97 Å². The van der Waals surface area contributed by atoms with Gasteiger partial charge in [-0.05, 0) is 42.5 Å². The molecule has 120 valence electrons. The molecule has 2 aromatic carbocycles. The fourth-order valence-corrected chi connectivity index (χ4v) is 2.22. The predicted octanol–water partition coefficient (Wildman–Crippen LogP) is 4.37. The molecule has 1 heterocycles. The maximum absolute atomic E-state index is 13.7. The van der Waals surface area contributed by atoms with Crippen molar-refractivity contribution in [2.45, 2.75) is 0 Å². The van der Waals surface area contributed by atoms with Crippen LogP contribution in [0.5, 0.6) is 0 Å². The molecule has 3 rings (SSSR count). The zero-order valence-electron chi connectivity index (χ0n) is 12.3. The second kappa shape index (κ2) is 7.18. The second-order valence-electron chi connectivity index (χ2n) is 4.83. The van der Waals surface area contributed by atoms with Gasteiger partial charge in [0.05, 0.1) is 5.69 Å². The maximum Gasteiger partial charge on any atom is 0.274 e. The Balaban J connectivity index is 1.76. The Morgan fingerprint density at radius 2 is 1.79 bits per heavy atom. The third-order valence-corrected chi connectivity index (χ3v) is 3.64. The van der Waals surface area contributed by atoms with E-state index in [-0.39, 0.29) is 23.2 Å². The van der Waals surface area contributed by atoms with Crippen molar-refractivity contribution in [2.75, 3.05) is 10.6 Å². The molecule has 0 bridgehead atoms. The number of nitrogens with one attached hydrogen (secondary N) is 2. The molecule has 0 unspecified atom stereocenters. The highest BCUT2D eigenvalue weighted by Gasteiger charge is 2.10. The molecule has 0 saturated carbocycles. The Bertz CT molecular complexity index is 870. The SMILES string of the molecule is O=C(Nc1ccc(Br)cc1)c1ccnc(Nc2ccccc2F)n1. The minimum absolute atomic E-state index is 0.142. The van der Waals surface area contributed by atoms with Gasteiger partial charge in [-0.3, -0.25) is 4.79 Å². The van der Waals surface area contributed by atoms with Crippen LogP contribution >= 0.6 is 15.9 Å². The molecule has 0 saturated heterocycles. The van der Waals surface area contributed by atoms with E-state index in [1.165, 1.54) is 18.3 Å². The van der Waals surface area contributed by atoms with Crippen molar-refractivity contribution >= 4 is 39.2 Å². The van der Waals surface area contributed by atoms with E-state index < -0.39 is 5.82 Å². The fourth-order valence-electron chi connectivity index (χ4n) is 1.96. The zero-order chi connectivity index (χ0) is 16.9. The first-order valence-electron chi connectivity index (χ1n) is 7.03. The molecule has 7 heteroatoms. The minimum Gasteiger partial charge on any atom is -0.322 e. The summed E-state index contributed by atoms with van der Waals surface area (Å²) >= 11 is 3.33. The summed E-state index contributed by atoms with van der Waals surface area (Å²) in [5.41, 5.74) is 1.06. The Kier molecular flexibility index (Phi) is 4.81. The third-order valence-electron chi connectivity index (χ3n) is 3.11. The monoisotopic (exact) mass is 386 g/mol. The summed E-state index contributed by atoms with van der Waals surface area (Å²) in [6, 6.07) is 14.8. The van der Waals surface area contributed by atoms with Crippen molar-refractivity contribution in [3.8, 4) is 0 Å². The number of anilines is 3. The van der Waals surface area contributed by atoms with E-state index in [0.717, 1.165) is 4.47 Å². The number of amides is 1. The molecular weight excluding hydrogens is 375 g/mol. The van der Waals surface area contributed by atoms with Gasteiger partial charge in [0.25, 0.3) is 5.91 Å². The van der Waals surface area contributed by atoms with E-state index in [4.69, 9.17) is 0 Å². The summed E-state index contributed by atoms with van der Waals surface area (Å²) in [6.07, 6.45) is 1.44. The van der Waals surface area contributed by atoms with Gasteiger partial charge >= 0.3 is 0 Å². The van der Waals surface area contributed by atoms with Gasteiger partial charge in [0.15, 0.2) is 0 Å². The molecule has 1 aromatic heterocycles. The molecule has 24 heavy (non-hydrogen) atoms.